The highest BCUT2D eigenvalue weighted by atomic mass is 32.1. The average molecular weight is 973 g/mol. The van der Waals surface area contributed by atoms with Crippen molar-refractivity contribution in [3.63, 3.8) is 0 Å². The highest BCUT2D eigenvalue weighted by molar-refractivity contribution is 7.13. The number of hydrogen-bond acceptors (Lipinski definition) is 13. The smallest absolute Gasteiger partial charge is 0.268 e. The number of nitrogens with one attached hydrogen (secondary N) is 4. The summed E-state index contributed by atoms with van der Waals surface area (Å²) in [7, 11) is 0. The monoisotopic (exact) mass is 972 g/mol. The number of likely N-dealkylation sites (tertiary alicyclic amines) is 1. The van der Waals surface area contributed by atoms with Gasteiger partial charge in [0.25, 0.3) is 5.91 Å². The van der Waals surface area contributed by atoms with Gasteiger partial charge in [-0.15, -0.1) is 11.3 Å². The molecule has 0 radical (unpaired) electrons. The van der Waals surface area contributed by atoms with E-state index >= 15 is 0 Å². The van der Waals surface area contributed by atoms with E-state index in [1.54, 1.807) is 23.7 Å². The van der Waals surface area contributed by atoms with Gasteiger partial charge in [0, 0.05) is 76.7 Å². The summed E-state index contributed by atoms with van der Waals surface area (Å²) in [5.41, 5.74) is 6.22. The number of aromatic nitrogens is 5. The lowest BCUT2D eigenvalue weighted by atomic mass is 9.80. The molecule has 370 valence electrons. The Morgan fingerprint density at radius 3 is 2.40 bits per heavy atom. The predicted octanol–water partition coefficient (Wildman–Crippen LogP) is 5.42. The van der Waals surface area contributed by atoms with Crippen LogP contribution in [-0.4, -0.2) is 126 Å². The van der Waals surface area contributed by atoms with E-state index in [-0.39, 0.29) is 55.1 Å². The van der Waals surface area contributed by atoms with Gasteiger partial charge >= 0.3 is 0 Å². The number of unbranched alkanes of at least 4 members (excludes halogenated alkanes) is 1. The number of carbonyl (C=O) groups excluding carboxylic acids is 5. The molecule has 70 heavy (non-hydrogen) atoms. The molecule has 0 unspecified atom stereocenters. The second kappa shape index (κ2) is 20.5. The summed E-state index contributed by atoms with van der Waals surface area (Å²) < 4.78 is 2.15. The predicted molar refractivity (Wildman–Crippen MR) is 267 cm³/mol. The minimum Gasteiger partial charge on any atom is -0.391 e. The number of carbonyl (C=O) groups is 5. The first-order valence-electron chi connectivity index (χ1n) is 24.6. The number of pyridine rings is 1. The number of β-amino-alcohol motifs (C(OH)–C–C–N with tert-alkyl or cyclic N) is 1. The van der Waals surface area contributed by atoms with E-state index in [0.717, 1.165) is 64.1 Å². The number of nitrogens with zero attached hydrogens (tertiary/aromatic N) is 8. The van der Waals surface area contributed by atoms with Crippen LogP contribution in [0.2, 0.25) is 0 Å². The number of rotatable bonds is 14. The molecule has 18 nitrogen and oxygen atoms in total. The molecule has 5 aromatic rings. The quantitative estimate of drug-likeness (QED) is 0.0882. The van der Waals surface area contributed by atoms with Crippen molar-refractivity contribution in [2.24, 2.45) is 5.41 Å². The molecule has 4 aliphatic rings. The van der Waals surface area contributed by atoms with E-state index in [4.69, 9.17) is 4.98 Å². The fraction of sp³-hybridized carbons (Fsp3) is 0.510. The van der Waals surface area contributed by atoms with Crippen LogP contribution in [0.3, 0.4) is 0 Å². The van der Waals surface area contributed by atoms with E-state index in [9.17, 15) is 29.1 Å². The minimum atomic E-state index is -0.926. The van der Waals surface area contributed by atoms with Crippen molar-refractivity contribution >= 4 is 69.4 Å². The van der Waals surface area contributed by atoms with Crippen molar-refractivity contribution in [2.75, 3.05) is 49.5 Å². The van der Waals surface area contributed by atoms with Crippen molar-refractivity contribution < 1.29 is 29.1 Å². The number of anilines is 3. The molecular weight excluding hydrogens is 909 g/mol. The second-order valence-corrected chi connectivity index (χ2v) is 21.2. The van der Waals surface area contributed by atoms with Crippen LogP contribution in [0.5, 0.6) is 0 Å². The Morgan fingerprint density at radius 1 is 0.943 bits per heavy atom. The van der Waals surface area contributed by atoms with Crippen molar-refractivity contribution in [1.29, 1.82) is 0 Å². The van der Waals surface area contributed by atoms with E-state index in [1.807, 2.05) is 80.6 Å². The second-order valence-electron chi connectivity index (χ2n) is 20.4. The van der Waals surface area contributed by atoms with Crippen LogP contribution in [-0.2, 0) is 31.3 Å². The van der Waals surface area contributed by atoms with Gasteiger partial charge in [0.2, 0.25) is 29.6 Å². The number of thiazole rings is 1. The Labute approximate surface area is 412 Å². The molecule has 1 aromatic carbocycles. The maximum absolute atomic E-state index is 14.1. The summed E-state index contributed by atoms with van der Waals surface area (Å²) in [6, 6.07) is 11.9. The number of aliphatic hydroxyl groups is 1. The number of benzene rings is 1. The molecule has 5 amide bonds. The summed E-state index contributed by atoms with van der Waals surface area (Å²) in [4.78, 5) is 92.0. The molecule has 2 saturated heterocycles. The van der Waals surface area contributed by atoms with E-state index < -0.39 is 29.5 Å². The van der Waals surface area contributed by atoms with Crippen LogP contribution < -0.4 is 26.2 Å². The standard InChI is InChI=1S/C51H64N12O6S/c1-32-43(70-31-56-32)34-14-12-33(13-15-34)26-53-46(67)38-25-37(64)29-62(38)48(69)44(50(2,3)4)58-41(65)10-6-7-11-42(66)61-22-20-60(21-23-61)36-16-17-40(52-28-36)57-49-54-27-35-24-39-47(68)55-30-51(18-8-5-9-19-51)63(39)45(35)59-49/h12-17,24,27-28,31,37-38,44,64H,5-11,18-23,25-26,29-30H2,1-4H3,(H,53,67)(H,55,68)(H,58,65)(H,52,54,57,59)/t37-,38+,44-/m1/s1. The van der Waals surface area contributed by atoms with Crippen molar-refractivity contribution in [1.82, 2.24) is 50.3 Å². The zero-order valence-electron chi connectivity index (χ0n) is 40.5. The van der Waals surface area contributed by atoms with Crippen LogP contribution in [0.4, 0.5) is 17.5 Å². The van der Waals surface area contributed by atoms with Gasteiger partial charge in [-0.2, -0.15) is 4.98 Å². The Balaban J connectivity index is 0.710. The van der Waals surface area contributed by atoms with Crippen LogP contribution in [0.25, 0.3) is 21.5 Å². The summed E-state index contributed by atoms with van der Waals surface area (Å²) in [6.45, 7) is 10.8. The van der Waals surface area contributed by atoms with Crippen LogP contribution in [0.15, 0.2) is 60.4 Å². The van der Waals surface area contributed by atoms with Crippen LogP contribution in [0, 0.1) is 12.3 Å². The van der Waals surface area contributed by atoms with Gasteiger partial charge in [-0.3, -0.25) is 24.0 Å². The zero-order valence-corrected chi connectivity index (χ0v) is 41.3. The topological polar surface area (TPSA) is 220 Å². The average Bonchev–Trinajstić information content (AvgIpc) is 4.09. The van der Waals surface area contributed by atoms with E-state index in [0.29, 0.717) is 69.4 Å². The molecule has 1 spiro atoms. The van der Waals surface area contributed by atoms with E-state index in [1.165, 1.54) is 11.3 Å². The third-order valence-corrected chi connectivity index (χ3v) is 15.3. The zero-order chi connectivity index (χ0) is 49.2. The molecule has 7 heterocycles. The third kappa shape index (κ3) is 10.5. The highest BCUT2D eigenvalue weighted by Crippen LogP contribution is 2.40. The summed E-state index contributed by atoms with van der Waals surface area (Å²) in [5.74, 6) is -0.115. The van der Waals surface area contributed by atoms with Gasteiger partial charge in [-0.05, 0) is 67.3 Å². The lowest BCUT2D eigenvalue weighted by Crippen LogP contribution is -2.57. The van der Waals surface area contributed by atoms with Crippen LogP contribution in [0.1, 0.15) is 107 Å². The van der Waals surface area contributed by atoms with Crippen molar-refractivity contribution in [3.05, 3.63) is 77.3 Å². The lowest BCUT2D eigenvalue weighted by molar-refractivity contribution is -0.144. The Morgan fingerprint density at radius 2 is 1.70 bits per heavy atom. The third-order valence-electron chi connectivity index (χ3n) is 14.4. The lowest BCUT2D eigenvalue weighted by Gasteiger charge is -2.42. The van der Waals surface area contributed by atoms with Gasteiger partial charge in [-0.1, -0.05) is 64.3 Å². The molecule has 4 aromatic heterocycles. The van der Waals surface area contributed by atoms with Gasteiger partial charge in [-0.25, -0.2) is 15.0 Å². The molecule has 5 N–H and O–H groups in total. The maximum Gasteiger partial charge on any atom is 0.268 e. The summed E-state index contributed by atoms with van der Waals surface area (Å²) in [5, 5.41) is 23.7. The number of hydrogen-bond donors (Lipinski definition) is 5. The highest BCUT2D eigenvalue weighted by Gasteiger charge is 2.45. The normalized spacial score (nSPS) is 19.4. The van der Waals surface area contributed by atoms with Gasteiger partial charge in [0.15, 0.2) is 0 Å². The number of fused-ring (bicyclic) bond motifs is 4. The van der Waals surface area contributed by atoms with Crippen molar-refractivity contribution in [3.8, 4) is 10.4 Å². The SMILES string of the molecule is Cc1ncsc1-c1ccc(CNC(=O)[C@@H]2C[C@@H](O)CN2C(=O)[C@@H](NC(=O)CCCCC(=O)N2CCN(c3ccc(Nc4ncc5cc6n(c5n4)C4(CCCCC4)CNC6=O)nc3)CC2)C(C)(C)C)cc1. The summed E-state index contributed by atoms with van der Waals surface area (Å²) in [6.07, 6.45) is 9.68. The number of amides is 5. The molecular formula is C51H64N12O6S. The molecule has 1 aliphatic carbocycles. The number of aliphatic hydroxyl groups excluding tert-OH is 1. The molecule has 3 fully saturated rings. The van der Waals surface area contributed by atoms with E-state index in [2.05, 4.69) is 45.7 Å². The largest absolute Gasteiger partial charge is 0.391 e. The molecule has 1 saturated carbocycles. The Bertz CT molecular complexity index is 2720. The van der Waals surface area contributed by atoms with Gasteiger partial charge in [0.05, 0.1) is 39.6 Å². The number of aryl methyl sites for hydroxylation is 1. The summed E-state index contributed by atoms with van der Waals surface area (Å²) >= 11 is 1.57. The van der Waals surface area contributed by atoms with Gasteiger partial charge in [0.1, 0.15) is 29.2 Å². The number of piperazine rings is 1. The molecule has 3 atom stereocenters. The Kier molecular flexibility index (Phi) is 14.2. The van der Waals surface area contributed by atoms with Gasteiger partial charge < -0.3 is 45.6 Å². The molecule has 3 aliphatic heterocycles. The molecule has 19 heteroatoms. The minimum absolute atomic E-state index is 0.00564. The van der Waals surface area contributed by atoms with Crippen molar-refractivity contribution in [2.45, 2.75) is 122 Å². The first-order chi connectivity index (χ1) is 33.7. The maximum atomic E-state index is 14.1. The first-order valence-corrected chi connectivity index (χ1v) is 25.5. The Hall–Kier alpha value is -6.47. The fourth-order valence-electron chi connectivity index (χ4n) is 10.4. The first kappa shape index (κ1) is 48.5. The molecule has 9 rings (SSSR count). The molecule has 0 bridgehead atoms. The fourth-order valence-corrected chi connectivity index (χ4v) is 11.2. The van der Waals surface area contributed by atoms with Crippen LogP contribution >= 0.6 is 11.3 Å².